The minimum absolute atomic E-state index is 0.0533. The molecule has 1 rings (SSSR count). The van der Waals surface area contributed by atoms with Crippen molar-refractivity contribution in [2.24, 2.45) is 11.8 Å². The monoisotopic (exact) mass is 254 g/mol. The first-order chi connectivity index (χ1) is 8.42. The molecule has 18 heavy (non-hydrogen) atoms. The Balaban J connectivity index is 2.41. The van der Waals surface area contributed by atoms with Crippen LogP contribution in [0.25, 0.3) is 0 Å². The summed E-state index contributed by atoms with van der Waals surface area (Å²) < 4.78 is 10.5. The molecule has 102 valence electrons. The SMILES string of the molecule is CC(C)(C)OC(=O)NC[C@@H]1CCOCC[C@H]1C#N. The minimum atomic E-state index is -0.495. The molecule has 0 aliphatic carbocycles. The molecule has 1 fully saturated rings. The molecule has 1 N–H and O–H groups in total. The Hall–Kier alpha value is -1.28. The van der Waals surface area contributed by atoms with Gasteiger partial charge in [0.1, 0.15) is 5.60 Å². The van der Waals surface area contributed by atoms with Crippen molar-refractivity contribution in [1.82, 2.24) is 5.32 Å². The van der Waals surface area contributed by atoms with Gasteiger partial charge in [0.15, 0.2) is 0 Å². The molecular weight excluding hydrogens is 232 g/mol. The van der Waals surface area contributed by atoms with Gasteiger partial charge in [0, 0.05) is 19.8 Å². The fraction of sp³-hybridized carbons (Fsp3) is 0.846. The third kappa shape index (κ3) is 5.37. The highest BCUT2D eigenvalue weighted by atomic mass is 16.6. The second-order valence-corrected chi connectivity index (χ2v) is 5.57. The van der Waals surface area contributed by atoms with E-state index in [0.717, 1.165) is 12.8 Å². The van der Waals surface area contributed by atoms with Gasteiger partial charge in [0.05, 0.1) is 12.0 Å². The maximum atomic E-state index is 11.5. The lowest BCUT2D eigenvalue weighted by Gasteiger charge is -2.22. The maximum Gasteiger partial charge on any atom is 0.407 e. The molecule has 2 atom stereocenters. The van der Waals surface area contributed by atoms with Crippen LogP contribution in [0.5, 0.6) is 0 Å². The van der Waals surface area contributed by atoms with Crippen molar-refractivity contribution in [2.45, 2.75) is 39.2 Å². The van der Waals surface area contributed by atoms with Crippen molar-refractivity contribution in [3.63, 3.8) is 0 Å². The Morgan fingerprint density at radius 1 is 1.44 bits per heavy atom. The number of hydrogen-bond donors (Lipinski definition) is 1. The molecule has 0 bridgehead atoms. The molecule has 1 heterocycles. The zero-order valence-corrected chi connectivity index (χ0v) is 11.4. The van der Waals surface area contributed by atoms with Gasteiger partial charge in [-0.05, 0) is 39.5 Å². The van der Waals surface area contributed by atoms with Crippen LogP contribution in [-0.4, -0.2) is 31.5 Å². The van der Waals surface area contributed by atoms with E-state index in [-0.39, 0.29) is 11.8 Å². The van der Waals surface area contributed by atoms with E-state index in [0.29, 0.717) is 19.8 Å². The highest BCUT2D eigenvalue weighted by Gasteiger charge is 2.25. The first-order valence-electron chi connectivity index (χ1n) is 6.36. The number of carbonyl (C=O) groups excluding carboxylic acids is 1. The summed E-state index contributed by atoms with van der Waals surface area (Å²) in [5, 5.41) is 11.8. The Morgan fingerprint density at radius 3 is 2.72 bits per heavy atom. The topological polar surface area (TPSA) is 71.3 Å². The Labute approximate surface area is 108 Å². The number of ether oxygens (including phenoxy) is 2. The van der Waals surface area contributed by atoms with Crippen LogP contribution in [0.4, 0.5) is 4.79 Å². The average molecular weight is 254 g/mol. The van der Waals surface area contributed by atoms with Gasteiger partial charge >= 0.3 is 6.09 Å². The molecule has 0 aromatic heterocycles. The van der Waals surface area contributed by atoms with E-state index in [1.807, 2.05) is 20.8 Å². The smallest absolute Gasteiger partial charge is 0.407 e. The van der Waals surface area contributed by atoms with Crippen LogP contribution in [0.3, 0.4) is 0 Å². The summed E-state index contributed by atoms with van der Waals surface area (Å²) in [6.07, 6.45) is 1.11. The summed E-state index contributed by atoms with van der Waals surface area (Å²) >= 11 is 0. The Morgan fingerprint density at radius 2 is 2.11 bits per heavy atom. The highest BCUT2D eigenvalue weighted by Crippen LogP contribution is 2.22. The van der Waals surface area contributed by atoms with E-state index in [9.17, 15) is 4.79 Å². The van der Waals surface area contributed by atoms with E-state index in [1.54, 1.807) is 0 Å². The van der Waals surface area contributed by atoms with E-state index >= 15 is 0 Å². The highest BCUT2D eigenvalue weighted by molar-refractivity contribution is 5.67. The zero-order chi connectivity index (χ0) is 13.6. The lowest BCUT2D eigenvalue weighted by molar-refractivity contribution is 0.0514. The van der Waals surface area contributed by atoms with Crippen LogP contribution in [0.15, 0.2) is 0 Å². The van der Waals surface area contributed by atoms with Crippen molar-refractivity contribution in [3.8, 4) is 6.07 Å². The summed E-state index contributed by atoms with van der Waals surface area (Å²) in [5.74, 6) is 0.0902. The second kappa shape index (κ2) is 6.60. The lowest BCUT2D eigenvalue weighted by atomic mass is 9.89. The molecule has 1 saturated heterocycles. The first kappa shape index (κ1) is 14.8. The Kier molecular flexibility index (Phi) is 5.42. The second-order valence-electron chi connectivity index (χ2n) is 5.57. The zero-order valence-electron chi connectivity index (χ0n) is 11.4. The molecule has 0 radical (unpaired) electrons. The third-order valence-electron chi connectivity index (χ3n) is 2.85. The Bertz CT molecular complexity index is 317. The van der Waals surface area contributed by atoms with Crippen molar-refractivity contribution in [1.29, 1.82) is 5.26 Å². The van der Waals surface area contributed by atoms with Crippen LogP contribution >= 0.6 is 0 Å². The largest absolute Gasteiger partial charge is 0.444 e. The van der Waals surface area contributed by atoms with Gasteiger partial charge in [0.25, 0.3) is 0 Å². The van der Waals surface area contributed by atoms with Crippen molar-refractivity contribution >= 4 is 6.09 Å². The fourth-order valence-electron chi connectivity index (χ4n) is 1.93. The maximum absolute atomic E-state index is 11.5. The van der Waals surface area contributed by atoms with Gasteiger partial charge < -0.3 is 14.8 Å². The summed E-state index contributed by atoms with van der Waals surface area (Å²) in [6, 6.07) is 2.29. The molecule has 0 aromatic carbocycles. The van der Waals surface area contributed by atoms with E-state index < -0.39 is 11.7 Å². The average Bonchev–Trinajstić information content (AvgIpc) is 2.48. The number of nitriles is 1. The van der Waals surface area contributed by atoms with Crippen molar-refractivity contribution < 1.29 is 14.3 Å². The van der Waals surface area contributed by atoms with Gasteiger partial charge in [-0.25, -0.2) is 4.79 Å². The van der Waals surface area contributed by atoms with Gasteiger partial charge in [0.2, 0.25) is 0 Å². The van der Waals surface area contributed by atoms with Crippen LogP contribution in [-0.2, 0) is 9.47 Å². The van der Waals surface area contributed by atoms with E-state index in [4.69, 9.17) is 14.7 Å². The molecule has 0 unspecified atom stereocenters. The molecule has 1 amide bonds. The minimum Gasteiger partial charge on any atom is -0.444 e. The van der Waals surface area contributed by atoms with Crippen LogP contribution in [0.1, 0.15) is 33.6 Å². The molecule has 0 aromatic rings. The molecule has 0 spiro atoms. The molecular formula is C13H22N2O3. The van der Waals surface area contributed by atoms with Gasteiger partial charge in [-0.15, -0.1) is 0 Å². The van der Waals surface area contributed by atoms with E-state index in [1.165, 1.54) is 0 Å². The third-order valence-corrected chi connectivity index (χ3v) is 2.85. The lowest BCUT2D eigenvalue weighted by Crippen LogP contribution is -2.36. The number of hydrogen-bond acceptors (Lipinski definition) is 4. The standard InChI is InChI=1S/C13H22N2O3/c1-13(2,3)18-12(16)15-9-11-5-7-17-6-4-10(11)8-14/h10-11H,4-7,9H2,1-3H3,(H,15,16)/t10-,11-/m0/s1. The molecule has 5 heteroatoms. The number of carbonyl (C=O) groups is 1. The molecule has 1 aliphatic rings. The van der Waals surface area contributed by atoms with Crippen molar-refractivity contribution in [3.05, 3.63) is 0 Å². The van der Waals surface area contributed by atoms with Gasteiger partial charge in [-0.1, -0.05) is 0 Å². The van der Waals surface area contributed by atoms with Crippen LogP contribution in [0.2, 0.25) is 0 Å². The van der Waals surface area contributed by atoms with Gasteiger partial charge in [-0.3, -0.25) is 0 Å². The molecule has 1 aliphatic heterocycles. The summed E-state index contributed by atoms with van der Waals surface area (Å²) in [5.41, 5.74) is -0.495. The summed E-state index contributed by atoms with van der Waals surface area (Å²) in [7, 11) is 0. The molecule has 5 nitrogen and oxygen atoms in total. The number of nitrogens with one attached hydrogen (secondary N) is 1. The summed E-state index contributed by atoms with van der Waals surface area (Å²) in [4.78, 5) is 11.5. The predicted molar refractivity (Wildman–Crippen MR) is 66.9 cm³/mol. The van der Waals surface area contributed by atoms with E-state index in [2.05, 4.69) is 11.4 Å². The number of nitrogens with zero attached hydrogens (tertiary/aromatic N) is 1. The molecule has 0 saturated carbocycles. The fourth-order valence-corrected chi connectivity index (χ4v) is 1.93. The predicted octanol–water partition coefficient (Wildman–Crippen LogP) is 2.08. The number of rotatable bonds is 2. The number of amides is 1. The first-order valence-corrected chi connectivity index (χ1v) is 6.36. The van der Waals surface area contributed by atoms with Gasteiger partial charge in [-0.2, -0.15) is 5.26 Å². The normalized spacial score (nSPS) is 24.8. The van der Waals surface area contributed by atoms with Crippen LogP contribution < -0.4 is 5.32 Å². The quantitative estimate of drug-likeness (QED) is 0.819. The number of alkyl carbamates (subject to hydrolysis) is 1. The summed E-state index contributed by atoms with van der Waals surface area (Å²) in [6.45, 7) is 7.22. The van der Waals surface area contributed by atoms with Crippen LogP contribution in [0, 0.1) is 23.2 Å². The van der Waals surface area contributed by atoms with Crippen molar-refractivity contribution in [2.75, 3.05) is 19.8 Å².